The number of anilines is 1. The molecule has 0 unspecified atom stereocenters. The van der Waals surface area contributed by atoms with Gasteiger partial charge < -0.3 is 5.32 Å². The first kappa shape index (κ1) is 16.7. The number of tetrazole rings is 1. The Hall–Kier alpha value is -2.48. The van der Waals surface area contributed by atoms with Crippen LogP contribution in [0.15, 0.2) is 41.7 Å². The van der Waals surface area contributed by atoms with Crippen molar-refractivity contribution < 1.29 is 4.79 Å². The zero-order chi connectivity index (χ0) is 18.2. The summed E-state index contributed by atoms with van der Waals surface area (Å²) in [6.07, 6.45) is 6.78. The number of carbonyl (C=O) groups is 1. The van der Waals surface area contributed by atoms with E-state index in [1.165, 1.54) is 37.4 Å². The van der Waals surface area contributed by atoms with E-state index in [2.05, 4.69) is 25.8 Å². The highest BCUT2D eigenvalue weighted by atomic mass is 32.2. The van der Waals surface area contributed by atoms with Gasteiger partial charge in [0.15, 0.2) is 0 Å². The minimum Gasteiger partial charge on any atom is -0.325 e. The molecule has 8 heteroatoms. The summed E-state index contributed by atoms with van der Waals surface area (Å²) in [5, 5.41) is 16.9. The number of rotatable bonds is 5. The average Bonchev–Trinajstić information content (AvgIpc) is 3.43. The van der Waals surface area contributed by atoms with Gasteiger partial charge >= 0.3 is 0 Å². The molecular formula is C19H20N6OS. The maximum absolute atomic E-state index is 12.5. The van der Waals surface area contributed by atoms with E-state index in [0.29, 0.717) is 12.0 Å². The average molecular weight is 380 g/mol. The molecule has 1 aromatic carbocycles. The van der Waals surface area contributed by atoms with Crippen molar-refractivity contribution >= 4 is 34.3 Å². The largest absolute Gasteiger partial charge is 0.325 e. The van der Waals surface area contributed by atoms with E-state index >= 15 is 0 Å². The maximum Gasteiger partial charge on any atom is 0.234 e. The van der Waals surface area contributed by atoms with Crippen LogP contribution in [-0.4, -0.2) is 36.9 Å². The Balaban J connectivity index is 1.26. The third-order valence-corrected chi connectivity index (χ3v) is 6.67. The van der Waals surface area contributed by atoms with Gasteiger partial charge in [-0.3, -0.25) is 9.78 Å². The molecule has 138 valence electrons. The van der Waals surface area contributed by atoms with E-state index in [4.69, 9.17) is 0 Å². The Morgan fingerprint density at radius 1 is 1.22 bits per heavy atom. The van der Waals surface area contributed by atoms with Crippen LogP contribution < -0.4 is 5.32 Å². The maximum atomic E-state index is 12.5. The van der Waals surface area contributed by atoms with Crippen LogP contribution in [0.1, 0.15) is 31.7 Å². The molecule has 3 aromatic rings. The summed E-state index contributed by atoms with van der Waals surface area (Å²) in [4.78, 5) is 16.8. The molecule has 2 heterocycles. The van der Waals surface area contributed by atoms with Gasteiger partial charge in [-0.2, -0.15) is 0 Å². The third-order valence-electron chi connectivity index (χ3n) is 5.73. The standard InChI is InChI=1S/C19H20N6OS/c26-18(21-16-7-8-20-15-4-2-1-3-14(15)16)11-27-19-22-23-24-25(19)17-10-12-5-6-13(17)9-12/h1-4,7-8,12-13,17H,5-6,9-11H2,(H,20,21,26)/t12-,13-,17+/m0/s1. The molecule has 7 nitrogen and oxygen atoms in total. The van der Waals surface area contributed by atoms with Gasteiger partial charge in [-0.05, 0) is 53.7 Å². The first-order chi connectivity index (χ1) is 13.3. The predicted octanol–water partition coefficient (Wildman–Crippen LogP) is 3.31. The van der Waals surface area contributed by atoms with E-state index in [0.717, 1.165) is 27.7 Å². The number of hydrogen-bond acceptors (Lipinski definition) is 6. The molecule has 2 aliphatic rings. The lowest BCUT2D eigenvalue weighted by Gasteiger charge is -2.22. The highest BCUT2D eigenvalue weighted by molar-refractivity contribution is 7.99. The Labute approximate surface area is 160 Å². The minimum absolute atomic E-state index is 0.0705. The summed E-state index contributed by atoms with van der Waals surface area (Å²) in [5.74, 6) is 1.72. The van der Waals surface area contributed by atoms with Crippen LogP contribution in [0.2, 0.25) is 0 Å². The summed E-state index contributed by atoms with van der Waals surface area (Å²) in [6.45, 7) is 0. The summed E-state index contributed by atoms with van der Waals surface area (Å²) >= 11 is 1.40. The van der Waals surface area contributed by atoms with Gasteiger partial charge in [0.05, 0.1) is 23.0 Å². The predicted molar refractivity (Wildman–Crippen MR) is 103 cm³/mol. The number of para-hydroxylation sites is 1. The summed E-state index contributed by atoms with van der Waals surface area (Å²) in [6, 6.07) is 9.99. The van der Waals surface area contributed by atoms with Crippen LogP contribution in [0.4, 0.5) is 5.69 Å². The summed E-state index contributed by atoms with van der Waals surface area (Å²) in [5.41, 5.74) is 1.64. The van der Waals surface area contributed by atoms with E-state index in [1.807, 2.05) is 35.0 Å². The molecule has 5 rings (SSSR count). The fourth-order valence-electron chi connectivity index (χ4n) is 4.52. The van der Waals surface area contributed by atoms with Crippen molar-refractivity contribution in [3.8, 4) is 0 Å². The Kier molecular flexibility index (Phi) is 4.27. The lowest BCUT2D eigenvalue weighted by atomic mass is 9.96. The van der Waals surface area contributed by atoms with Crippen molar-refractivity contribution in [2.75, 3.05) is 11.1 Å². The van der Waals surface area contributed by atoms with Crippen molar-refractivity contribution in [2.45, 2.75) is 36.9 Å². The molecule has 0 saturated heterocycles. The molecule has 2 aromatic heterocycles. The van der Waals surface area contributed by atoms with Crippen LogP contribution in [0.3, 0.4) is 0 Å². The number of pyridine rings is 1. The zero-order valence-corrected chi connectivity index (χ0v) is 15.6. The van der Waals surface area contributed by atoms with Crippen LogP contribution >= 0.6 is 11.8 Å². The number of fused-ring (bicyclic) bond motifs is 3. The molecule has 3 atom stereocenters. The Bertz CT molecular complexity index is 984. The number of amides is 1. The fraction of sp³-hybridized carbons (Fsp3) is 0.421. The van der Waals surface area contributed by atoms with Gasteiger partial charge in [-0.15, -0.1) is 5.10 Å². The SMILES string of the molecule is O=C(CSc1nnnn1[C@@H]1C[C@H]2CC[C@H]1C2)Nc1ccnc2ccccc12. The first-order valence-corrected chi connectivity index (χ1v) is 10.3. The molecular weight excluding hydrogens is 360 g/mol. The second kappa shape index (κ2) is 6.92. The van der Waals surface area contributed by atoms with Crippen molar-refractivity contribution in [1.29, 1.82) is 0 Å². The van der Waals surface area contributed by atoms with E-state index < -0.39 is 0 Å². The summed E-state index contributed by atoms with van der Waals surface area (Å²) in [7, 11) is 0. The normalized spacial score (nSPS) is 23.8. The molecule has 2 aliphatic carbocycles. The molecule has 0 radical (unpaired) electrons. The molecule has 1 amide bonds. The number of thioether (sulfide) groups is 1. The topological polar surface area (TPSA) is 85.6 Å². The van der Waals surface area contributed by atoms with Gasteiger partial charge in [-0.25, -0.2) is 4.68 Å². The van der Waals surface area contributed by atoms with Gasteiger partial charge in [0.2, 0.25) is 11.1 Å². The van der Waals surface area contributed by atoms with Crippen LogP contribution in [-0.2, 0) is 4.79 Å². The third kappa shape index (κ3) is 3.18. The van der Waals surface area contributed by atoms with Crippen molar-refractivity contribution in [1.82, 2.24) is 25.2 Å². The van der Waals surface area contributed by atoms with Crippen LogP contribution in [0.5, 0.6) is 0 Å². The second-order valence-corrected chi connectivity index (χ2v) is 8.30. The van der Waals surface area contributed by atoms with Crippen LogP contribution in [0.25, 0.3) is 10.9 Å². The van der Waals surface area contributed by atoms with Crippen molar-refractivity contribution in [3.63, 3.8) is 0 Å². The quantitative estimate of drug-likeness (QED) is 0.684. The van der Waals surface area contributed by atoms with Crippen molar-refractivity contribution in [3.05, 3.63) is 36.5 Å². The molecule has 2 bridgehead atoms. The molecule has 1 N–H and O–H groups in total. The minimum atomic E-state index is -0.0705. The highest BCUT2D eigenvalue weighted by Crippen LogP contribution is 2.50. The number of carbonyl (C=O) groups excluding carboxylic acids is 1. The molecule has 0 aliphatic heterocycles. The molecule has 27 heavy (non-hydrogen) atoms. The number of nitrogens with zero attached hydrogens (tertiary/aromatic N) is 5. The first-order valence-electron chi connectivity index (χ1n) is 9.32. The van der Waals surface area contributed by atoms with Gasteiger partial charge in [0, 0.05) is 11.6 Å². The number of nitrogens with one attached hydrogen (secondary N) is 1. The smallest absolute Gasteiger partial charge is 0.234 e. The van der Waals surface area contributed by atoms with Crippen LogP contribution in [0, 0.1) is 11.8 Å². The lowest BCUT2D eigenvalue weighted by Crippen LogP contribution is -2.19. The monoisotopic (exact) mass is 380 g/mol. The van der Waals surface area contributed by atoms with E-state index in [1.54, 1.807) is 6.20 Å². The van der Waals surface area contributed by atoms with E-state index in [9.17, 15) is 4.79 Å². The number of hydrogen-bond donors (Lipinski definition) is 1. The molecule has 0 spiro atoms. The lowest BCUT2D eigenvalue weighted by molar-refractivity contribution is -0.113. The van der Waals surface area contributed by atoms with E-state index in [-0.39, 0.29) is 11.7 Å². The van der Waals surface area contributed by atoms with Crippen molar-refractivity contribution in [2.24, 2.45) is 11.8 Å². The number of benzene rings is 1. The fourth-order valence-corrected chi connectivity index (χ4v) is 5.25. The Morgan fingerprint density at radius 3 is 3.00 bits per heavy atom. The second-order valence-electron chi connectivity index (χ2n) is 7.36. The van der Waals surface area contributed by atoms with Gasteiger partial charge in [0.25, 0.3) is 0 Å². The van der Waals surface area contributed by atoms with Gasteiger partial charge in [0.1, 0.15) is 0 Å². The number of aromatic nitrogens is 5. The summed E-state index contributed by atoms with van der Waals surface area (Å²) < 4.78 is 1.95. The van der Waals surface area contributed by atoms with Gasteiger partial charge in [-0.1, -0.05) is 36.4 Å². The zero-order valence-electron chi connectivity index (χ0n) is 14.8. The molecule has 2 fully saturated rings. The molecule has 2 saturated carbocycles. The highest BCUT2D eigenvalue weighted by Gasteiger charge is 2.42. The Morgan fingerprint density at radius 2 is 2.15 bits per heavy atom.